The quantitative estimate of drug-likeness (QED) is 0.483. The van der Waals surface area contributed by atoms with Gasteiger partial charge in [-0.2, -0.15) is 5.26 Å². The van der Waals surface area contributed by atoms with E-state index in [9.17, 15) is 14.7 Å². The molecule has 0 radical (unpaired) electrons. The Hall–Kier alpha value is -2.81. The fourth-order valence-electron chi connectivity index (χ4n) is 1.39. The molecular formula is C14H13NO5. The molecule has 20 heavy (non-hydrogen) atoms. The highest BCUT2D eigenvalue weighted by atomic mass is 16.5. The van der Waals surface area contributed by atoms with Gasteiger partial charge in [-0.1, -0.05) is 13.0 Å². The van der Waals surface area contributed by atoms with E-state index in [0.29, 0.717) is 12.0 Å². The van der Waals surface area contributed by atoms with E-state index < -0.39 is 11.9 Å². The van der Waals surface area contributed by atoms with Gasteiger partial charge in [0.2, 0.25) is 0 Å². The van der Waals surface area contributed by atoms with Gasteiger partial charge in [-0.15, -0.1) is 0 Å². The molecule has 6 heteroatoms. The number of nitrogens with zero attached hydrogens (tertiary/aromatic N) is 1. The number of benzene rings is 1. The molecule has 0 aromatic heterocycles. The molecular weight excluding hydrogens is 262 g/mol. The number of rotatable bonds is 5. The van der Waals surface area contributed by atoms with Crippen molar-refractivity contribution in [3.8, 4) is 11.8 Å². The lowest BCUT2D eigenvalue weighted by Crippen LogP contribution is -2.07. The van der Waals surface area contributed by atoms with E-state index >= 15 is 0 Å². The summed E-state index contributed by atoms with van der Waals surface area (Å²) in [7, 11) is 0. The van der Waals surface area contributed by atoms with Gasteiger partial charge in [0.05, 0.1) is 6.61 Å². The largest absolute Gasteiger partial charge is 0.507 e. The van der Waals surface area contributed by atoms with Gasteiger partial charge >= 0.3 is 11.9 Å². The Balaban J connectivity index is 3.08. The van der Waals surface area contributed by atoms with Crippen molar-refractivity contribution in [3.05, 3.63) is 34.9 Å². The smallest absolute Gasteiger partial charge is 0.348 e. The minimum absolute atomic E-state index is 0.202. The topological polar surface area (TPSA) is 108 Å². The highest BCUT2D eigenvalue weighted by Gasteiger charge is 2.13. The van der Waals surface area contributed by atoms with E-state index in [-0.39, 0.29) is 23.5 Å². The first-order valence-corrected chi connectivity index (χ1v) is 5.84. The number of aromatic hydroxyl groups is 1. The van der Waals surface area contributed by atoms with Gasteiger partial charge in [0.15, 0.2) is 0 Å². The molecule has 0 unspecified atom stereocenters. The summed E-state index contributed by atoms with van der Waals surface area (Å²) in [6.07, 6.45) is 1.84. The highest BCUT2D eigenvalue weighted by molar-refractivity contribution is 5.98. The van der Waals surface area contributed by atoms with Crippen molar-refractivity contribution in [2.75, 3.05) is 6.61 Å². The lowest BCUT2D eigenvalue weighted by molar-refractivity contribution is -0.138. The lowest BCUT2D eigenvalue weighted by atomic mass is 10.1. The van der Waals surface area contributed by atoms with Crippen LogP contribution in [0, 0.1) is 11.3 Å². The predicted octanol–water partition coefficient (Wildman–Crippen LogP) is 1.95. The Bertz CT molecular complexity index is 598. The monoisotopic (exact) mass is 275 g/mol. The van der Waals surface area contributed by atoms with E-state index in [2.05, 4.69) is 0 Å². The van der Waals surface area contributed by atoms with Gasteiger partial charge in [-0.25, -0.2) is 9.59 Å². The number of nitriles is 1. The molecule has 0 aliphatic heterocycles. The molecule has 0 saturated carbocycles. The normalized spacial score (nSPS) is 10.7. The average Bonchev–Trinajstić information content (AvgIpc) is 2.43. The zero-order valence-electron chi connectivity index (χ0n) is 10.8. The SMILES string of the molecule is CCCOC(=O)C(C#N)=Cc1ccc(O)c(C(=O)O)c1. The third kappa shape index (κ3) is 3.85. The van der Waals surface area contributed by atoms with E-state index in [1.165, 1.54) is 24.3 Å². The van der Waals surface area contributed by atoms with Crippen molar-refractivity contribution in [2.45, 2.75) is 13.3 Å². The van der Waals surface area contributed by atoms with E-state index in [0.717, 1.165) is 0 Å². The molecule has 104 valence electrons. The summed E-state index contributed by atoms with van der Waals surface area (Å²) < 4.78 is 4.82. The van der Waals surface area contributed by atoms with Crippen LogP contribution in [0.2, 0.25) is 0 Å². The number of aromatic carboxylic acids is 1. The molecule has 1 aromatic rings. The first-order valence-electron chi connectivity index (χ1n) is 5.84. The number of carboxylic acid groups (broad SMARTS) is 1. The van der Waals surface area contributed by atoms with E-state index in [1.807, 2.05) is 6.92 Å². The molecule has 6 nitrogen and oxygen atoms in total. The summed E-state index contributed by atoms with van der Waals surface area (Å²) in [6, 6.07) is 5.45. The summed E-state index contributed by atoms with van der Waals surface area (Å²) in [5, 5.41) is 27.1. The van der Waals surface area contributed by atoms with Crippen molar-refractivity contribution in [3.63, 3.8) is 0 Å². The van der Waals surface area contributed by atoms with Crippen LogP contribution in [0.15, 0.2) is 23.8 Å². The number of ether oxygens (including phenoxy) is 1. The number of carbonyl (C=O) groups excluding carboxylic acids is 1. The van der Waals surface area contributed by atoms with Crippen molar-refractivity contribution >= 4 is 18.0 Å². The van der Waals surface area contributed by atoms with E-state index in [4.69, 9.17) is 15.1 Å². The van der Waals surface area contributed by atoms with Gasteiger partial charge in [-0.3, -0.25) is 0 Å². The summed E-state index contributed by atoms with van der Waals surface area (Å²) in [6.45, 7) is 2.02. The van der Waals surface area contributed by atoms with Crippen molar-refractivity contribution < 1.29 is 24.5 Å². The van der Waals surface area contributed by atoms with Gasteiger partial charge in [0.25, 0.3) is 0 Å². The van der Waals surface area contributed by atoms with Crippen molar-refractivity contribution in [1.29, 1.82) is 5.26 Å². The molecule has 2 N–H and O–H groups in total. The summed E-state index contributed by atoms with van der Waals surface area (Å²) in [5.41, 5.74) is -0.233. The zero-order valence-corrected chi connectivity index (χ0v) is 10.8. The van der Waals surface area contributed by atoms with Crippen LogP contribution in [0.3, 0.4) is 0 Å². The molecule has 0 heterocycles. The van der Waals surface area contributed by atoms with E-state index in [1.54, 1.807) is 6.07 Å². The number of carboxylic acids is 1. The van der Waals surface area contributed by atoms with Crippen LogP contribution in [-0.2, 0) is 9.53 Å². The summed E-state index contributed by atoms with van der Waals surface area (Å²) >= 11 is 0. The molecule has 0 aliphatic rings. The van der Waals surface area contributed by atoms with Crippen molar-refractivity contribution in [1.82, 2.24) is 0 Å². The summed E-state index contributed by atoms with van der Waals surface area (Å²) in [5.74, 6) is -2.45. The van der Waals surface area contributed by atoms with Crippen LogP contribution >= 0.6 is 0 Å². The van der Waals surface area contributed by atoms with Crippen LogP contribution in [0.4, 0.5) is 0 Å². The first kappa shape index (κ1) is 15.2. The number of carbonyl (C=O) groups is 2. The minimum Gasteiger partial charge on any atom is -0.507 e. The zero-order chi connectivity index (χ0) is 15.1. The Labute approximate surface area is 115 Å². The van der Waals surface area contributed by atoms with Crippen LogP contribution < -0.4 is 0 Å². The van der Waals surface area contributed by atoms with Crippen LogP contribution in [-0.4, -0.2) is 28.8 Å². The number of esters is 1. The Morgan fingerprint density at radius 1 is 1.45 bits per heavy atom. The maximum atomic E-state index is 11.5. The Morgan fingerprint density at radius 2 is 2.15 bits per heavy atom. The third-order valence-electron chi connectivity index (χ3n) is 2.34. The Kier molecular flexibility index (Phi) is 5.30. The molecule has 0 atom stereocenters. The third-order valence-corrected chi connectivity index (χ3v) is 2.34. The standard InChI is InChI=1S/C14H13NO5/c1-2-5-20-14(19)10(8-15)6-9-3-4-12(16)11(7-9)13(17)18/h3-4,6-7,16H,2,5H2,1H3,(H,17,18). The fraction of sp³-hybridized carbons (Fsp3) is 0.214. The Morgan fingerprint density at radius 3 is 2.70 bits per heavy atom. The minimum atomic E-state index is -1.30. The molecule has 1 aromatic carbocycles. The maximum absolute atomic E-state index is 11.5. The molecule has 0 spiro atoms. The second kappa shape index (κ2) is 6.95. The number of hydrogen-bond donors (Lipinski definition) is 2. The average molecular weight is 275 g/mol. The molecule has 0 saturated heterocycles. The predicted molar refractivity (Wildman–Crippen MR) is 69.9 cm³/mol. The molecule has 0 fully saturated rings. The second-order valence-corrected chi connectivity index (χ2v) is 3.89. The molecule has 0 aliphatic carbocycles. The molecule has 0 amide bonds. The number of hydrogen-bond acceptors (Lipinski definition) is 5. The van der Waals surface area contributed by atoms with Crippen LogP contribution in [0.25, 0.3) is 6.08 Å². The van der Waals surface area contributed by atoms with Gasteiger partial charge in [-0.05, 0) is 30.2 Å². The first-order chi connectivity index (χ1) is 9.49. The molecule has 0 bridgehead atoms. The lowest BCUT2D eigenvalue weighted by Gasteiger charge is -2.03. The van der Waals surface area contributed by atoms with Crippen LogP contribution in [0.1, 0.15) is 29.3 Å². The fourth-order valence-corrected chi connectivity index (χ4v) is 1.39. The highest BCUT2D eigenvalue weighted by Crippen LogP contribution is 2.20. The van der Waals surface area contributed by atoms with Crippen molar-refractivity contribution in [2.24, 2.45) is 0 Å². The molecule has 1 rings (SSSR count). The van der Waals surface area contributed by atoms with Gasteiger partial charge in [0, 0.05) is 0 Å². The summed E-state index contributed by atoms with van der Waals surface area (Å²) in [4.78, 5) is 22.4. The van der Waals surface area contributed by atoms with Gasteiger partial charge < -0.3 is 14.9 Å². The maximum Gasteiger partial charge on any atom is 0.348 e. The van der Waals surface area contributed by atoms with Crippen LogP contribution in [0.5, 0.6) is 5.75 Å². The number of phenols is 1. The van der Waals surface area contributed by atoms with Gasteiger partial charge in [0.1, 0.15) is 23.0 Å². The second-order valence-electron chi connectivity index (χ2n) is 3.89.